The number of urea groups is 1. The van der Waals surface area contributed by atoms with E-state index in [1.165, 1.54) is 6.92 Å². The first-order chi connectivity index (χ1) is 11.4. The lowest BCUT2D eigenvalue weighted by atomic mass is 9.96. The van der Waals surface area contributed by atoms with E-state index in [0.29, 0.717) is 37.3 Å². The van der Waals surface area contributed by atoms with Crippen LogP contribution >= 0.6 is 0 Å². The number of nitrogens with one attached hydrogen (secondary N) is 2. The Bertz CT molecular complexity index is 622. The highest BCUT2D eigenvalue weighted by Gasteiger charge is 2.28. The Morgan fingerprint density at radius 1 is 1.08 bits per heavy atom. The minimum absolute atomic E-state index is 0.0168. The standard InChI is InChI=1S/C17H24N4O3/c1-12(22)18-14-5-4-6-15(11-14)19-16(23)13-7-9-21(10-8-13)17(24)20(2)3/h4-6,11,13H,7-10H2,1-3H3,(H,18,22)(H,19,23). The molecule has 0 saturated carbocycles. The lowest BCUT2D eigenvalue weighted by molar-refractivity contribution is -0.121. The van der Waals surface area contributed by atoms with Gasteiger partial charge < -0.3 is 20.4 Å². The Labute approximate surface area is 142 Å². The number of hydrogen-bond acceptors (Lipinski definition) is 3. The van der Waals surface area contributed by atoms with Crippen molar-refractivity contribution in [2.24, 2.45) is 5.92 Å². The summed E-state index contributed by atoms with van der Waals surface area (Å²) in [6, 6.07) is 7.04. The topological polar surface area (TPSA) is 81.8 Å². The fourth-order valence-corrected chi connectivity index (χ4v) is 2.74. The first kappa shape index (κ1) is 17.8. The third-order valence-corrected chi connectivity index (χ3v) is 3.97. The number of carbonyl (C=O) groups is 3. The molecule has 1 aliphatic heterocycles. The van der Waals surface area contributed by atoms with Gasteiger partial charge in [-0.05, 0) is 31.0 Å². The molecule has 1 aromatic carbocycles. The van der Waals surface area contributed by atoms with Crippen molar-refractivity contribution < 1.29 is 14.4 Å². The SMILES string of the molecule is CC(=O)Nc1cccc(NC(=O)C2CCN(C(=O)N(C)C)CC2)c1. The molecule has 1 heterocycles. The number of carbonyl (C=O) groups excluding carboxylic acids is 3. The van der Waals surface area contributed by atoms with Crippen LogP contribution in [0.1, 0.15) is 19.8 Å². The van der Waals surface area contributed by atoms with Crippen molar-refractivity contribution in [1.82, 2.24) is 9.80 Å². The third kappa shape index (κ3) is 4.71. The van der Waals surface area contributed by atoms with Crippen molar-refractivity contribution in [2.75, 3.05) is 37.8 Å². The molecule has 0 atom stereocenters. The molecular formula is C17H24N4O3. The van der Waals surface area contributed by atoms with Gasteiger partial charge in [0.1, 0.15) is 0 Å². The van der Waals surface area contributed by atoms with Crippen LogP contribution in [0.15, 0.2) is 24.3 Å². The molecule has 0 unspecified atom stereocenters. The molecule has 1 fully saturated rings. The van der Waals surface area contributed by atoms with Gasteiger partial charge in [-0.1, -0.05) is 6.07 Å². The number of piperidine rings is 1. The van der Waals surface area contributed by atoms with Gasteiger partial charge in [0.25, 0.3) is 0 Å². The Morgan fingerprint density at radius 3 is 2.21 bits per heavy atom. The number of amides is 4. The fourth-order valence-electron chi connectivity index (χ4n) is 2.74. The van der Waals surface area contributed by atoms with Crippen LogP contribution in [0.25, 0.3) is 0 Å². The van der Waals surface area contributed by atoms with Crippen LogP contribution in [0.3, 0.4) is 0 Å². The molecule has 2 N–H and O–H groups in total. The van der Waals surface area contributed by atoms with E-state index in [9.17, 15) is 14.4 Å². The van der Waals surface area contributed by atoms with Crippen LogP contribution in [0.5, 0.6) is 0 Å². The molecule has 0 spiro atoms. The fraction of sp³-hybridized carbons (Fsp3) is 0.471. The van der Waals surface area contributed by atoms with Crippen LogP contribution in [-0.4, -0.2) is 54.8 Å². The molecule has 24 heavy (non-hydrogen) atoms. The summed E-state index contributed by atoms with van der Waals surface area (Å²) in [4.78, 5) is 38.7. The number of hydrogen-bond donors (Lipinski definition) is 2. The highest BCUT2D eigenvalue weighted by atomic mass is 16.2. The quantitative estimate of drug-likeness (QED) is 0.888. The maximum absolute atomic E-state index is 12.4. The summed E-state index contributed by atoms with van der Waals surface area (Å²) in [6.07, 6.45) is 1.30. The summed E-state index contributed by atoms with van der Waals surface area (Å²) in [5, 5.41) is 5.58. The van der Waals surface area contributed by atoms with E-state index in [0.717, 1.165) is 0 Å². The van der Waals surface area contributed by atoms with Crippen molar-refractivity contribution in [3.63, 3.8) is 0 Å². The average Bonchev–Trinajstić information content (AvgIpc) is 2.54. The maximum atomic E-state index is 12.4. The second kappa shape index (κ2) is 7.81. The summed E-state index contributed by atoms with van der Waals surface area (Å²) in [6.45, 7) is 2.61. The van der Waals surface area contributed by atoms with E-state index >= 15 is 0 Å². The minimum Gasteiger partial charge on any atom is -0.331 e. The number of rotatable bonds is 3. The predicted molar refractivity (Wildman–Crippen MR) is 92.8 cm³/mol. The second-order valence-corrected chi connectivity index (χ2v) is 6.19. The lowest BCUT2D eigenvalue weighted by Crippen LogP contribution is -2.45. The zero-order chi connectivity index (χ0) is 17.7. The van der Waals surface area contributed by atoms with Crippen LogP contribution in [-0.2, 0) is 9.59 Å². The van der Waals surface area contributed by atoms with Crippen LogP contribution < -0.4 is 10.6 Å². The van der Waals surface area contributed by atoms with Gasteiger partial charge in [-0.3, -0.25) is 9.59 Å². The van der Waals surface area contributed by atoms with Gasteiger partial charge in [0.15, 0.2) is 0 Å². The highest BCUT2D eigenvalue weighted by Crippen LogP contribution is 2.21. The molecule has 7 heteroatoms. The average molecular weight is 332 g/mol. The Hall–Kier alpha value is -2.57. The van der Waals surface area contributed by atoms with Crippen molar-refractivity contribution >= 4 is 29.2 Å². The molecule has 0 radical (unpaired) electrons. The molecule has 130 valence electrons. The number of benzene rings is 1. The summed E-state index contributed by atoms with van der Waals surface area (Å²) in [7, 11) is 3.45. The van der Waals surface area contributed by atoms with E-state index in [4.69, 9.17) is 0 Å². The molecular weight excluding hydrogens is 308 g/mol. The van der Waals surface area contributed by atoms with Gasteiger partial charge in [0, 0.05) is 51.4 Å². The zero-order valence-electron chi connectivity index (χ0n) is 14.3. The minimum atomic E-state index is -0.156. The molecule has 1 aromatic rings. The predicted octanol–water partition coefficient (Wildman–Crippen LogP) is 1.98. The van der Waals surface area contributed by atoms with Crippen molar-refractivity contribution in [3.8, 4) is 0 Å². The van der Waals surface area contributed by atoms with E-state index in [-0.39, 0.29) is 23.8 Å². The molecule has 0 bridgehead atoms. The highest BCUT2D eigenvalue weighted by molar-refractivity contribution is 5.94. The normalized spacial score (nSPS) is 14.9. The summed E-state index contributed by atoms with van der Waals surface area (Å²) in [5.41, 5.74) is 1.30. The summed E-state index contributed by atoms with van der Waals surface area (Å²) in [5.74, 6) is -0.316. The first-order valence-electron chi connectivity index (χ1n) is 8.01. The molecule has 1 saturated heterocycles. The van der Waals surface area contributed by atoms with Crippen molar-refractivity contribution in [1.29, 1.82) is 0 Å². The monoisotopic (exact) mass is 332 g/mol. The lowest BCUT2D eigenvalue weighted by Gasteiger charge is -2.33. The molecule has 4 amide bonds. The molecule has 7 nitrogen and oxygen atoms in total. The van der Waals surface area contributed by atoms with Gasteiger partial charge in [0.2, 0.25) is 11.8 Å². The van der Waals surface area contributed by atoms with Crippen LogP contribution in [0.2, 0.25) is 0 Å². The van der Waals surface area contributed by atoms with E-state index in [2.05, 4.69) is 10.6 Å². The van der Waals surface area contributed by atoms with Crippen molar-refractivity contribution in [3.05, 3.63) is 24.3 Å². The molecule has 0 aliphatic carbocycles. The van der Waals surface area contributed by atoms with Crippen LogP contribution in [0.4, 0.5) is 16.2 Å². The molecule has 2 rings (SSSR count). The van der Waals surface area contributed by atoms with Crippen LogP contribution in [0, 0.1) is 5.92 Å². The first-order valence-corrected chi connectivity index (χ1v) is 8.01. The number of likely N-dealkylation sites (tertiary alicyclic amines) is 1. The molecule has 0 aromatic heterocycles. The largest absolute Gasteiger partial charge is 0.331 e. The second-order valence-electron chi connectivity index (χ2n) is 6.19. The Balaban J connectivity index is 1.90. The van der Waals surface area contributed by atoms with Gasteiger partial charge in [-0.25, -0.2) is 4.79 Å². The van der Waals surface area contributed by atoms with Gasteiger partial charge in [-0.2, -0.15) is 0 Å². The zero-order valence-corrected chi connectivity index (χ0v) is 14.3. The number of nitrogens with zero attached hydrogens (tertiary/aromatic N) is 2. The summed E-state index contributed by atoms with van der Waals surface area (Å²) < 4.78 is 0. The Kier molecular flexibility index (Phi) is 5.78. The van der Waals surface area contributed by atoms with Gasteiger partial charge in [-0.15, -0.1) is 0 Å². The van der Waals surface area contributed by atoms with E-state index in [1.807, 2.05) is 0 Å². The number of anilines is 2. The maximum Gasteiger partial charge on any atom is 0.319 e. The van der Waals surface area contributed by atoms with E-state index < -0.39 is 0 Å². The van der Waals surface area contributed by atoms with Crippen molar-refractivity contribution in [2.45, 2.75) is 19.8 Å². The third-order valence-electron chi connectivity index (χ3n) is 3.97. The molecule has 1 aliphatic rings. The van der Waals surface area contributed by atoms with Gasteiger partial charge in [0.05, 0.1) is 0 Å². The van der Waals surface area contributed by atoms with E-state index in [1.54, 1.807) is 48.2 Å². The smallest absolute Gasteiger partial charge is 0.319 e. The Morgan fingerprint density at radius 2 is 1.67 bits per heavy atom. The summed E-state index contributed by atoms with van der Waals surface area (Å²) >= 11 is 0. The van der Waals surface area contributed by atoms with Gasteiger partial charge >= 0.3 is 6.03 Å².